The highest BCUT2D eigenvalue weighted by Crippen LogP contribution is 2.33. The standard InChI is InChI=1S/C18H18F3N5O/c1-13-3-5-14(6-4-13)26-16(18(19,20)21)15(11-24-26)17(27)23-7-2-9-25-10-8-22-12-25/h3-6,8,10-12H,2,7,9H2,1H3,(H,23,27). The van der Waals surface area contributed by atoms with Gasteiger partial charge in [0.1, 0.15) is 0 Å². The first kappa shape index (κ1) is 18.7. The van der Waals surface area contributed by atoms with E-state index in [0.29, 0.717) is 13.0 Å². The second kappa shape index (κ2) is 7.65. The van der Waals surface area contributed by atoms with E-state index in [2.05, 4.69) is 15.4 Å². The lowest BCUT2D eigenvalue weighted by Gasteiger charge is -2.13. The quantitative estimate of drug-likeness (QED) is 0.671. The number of nitrogens with zero attached hydrogens (tertiary/aromatic N) is 4. The van der Waals surface area contributed by atoms with Gasteiger partial charge < -0.3 is 9.88 Å². The monoisotopic (exact) mass is 377 g/mol. The molecule has 6 nitrogen and oxygen atoms in total. The number of aryl methyl sites for hydroxylation is 2. The SMILES string of the molecule is Cc1ccc(-n2ncc(C(=O)NCCCn3ccnc3)c2C(F)(F)F)cc1. The molecule has 142 valence electrons. The Morgan fingerprint density at radius 2 is 1.96 bits per heavy atom. The Morgan fingerprint density at radius 1 is 1.22 bits per heavy atom. The third kappa shape index (κ3) is 4.36. The predicted octanol–water partition coefficient (Wildman–Crippen LogP) is 3.22. The molecule has 1 amide bonds. The molecule has 0 saturated heterocycles. The van der Waals surface area contributed by atoms with Gasteiger partial charge in [-0.15, -0.1) is 0 Å². The second-order valence-corrected chi connectivity index (χ2v) is 6.06. The van der Waals surface area contributed by atoms with Crippen molar-refractivity contribution in [2.24, 2.45) is 0 Å². The molecular formula is C18H18F3N5O. The maximum absolute atomic E-state index is 13.6. The van der Waals surface area contributed by atoms with Crippen LogP contribution in [-0.2, 0) is 12.7 Å². The van der Waals surface area contributed by atoms with E-state index < -0.39 is 23.3 Å². The van der Waals surface area contributed by atoms with Gasteiger partial charge in [0.25, 0.3) is 5.91 Å². The van der Waals surface area contributed by atoms with Crippen molar-refractivity contribution in [2.75, 3.05) is 6.54 Å². The van der Waals surface area contributed by atoms with E-state index in [-0.39, 0.29) is 12.2 Å². The minimum Gasteiger partial charge on any atom is -0.352 e. The van der Waals surface area contributed by atoms with Crippen LogP contribution >= 0.6 is 0 Å². The van der Waals surface area contributed by atoms with Crippen LogP contribution in [0.2, 0.25) is 0 Å². The molecule has 0 fully saturated rings. The van der Waals surface area contributed by atoms with Gasteiger partial charge in [0.15, 0.2) is 5.69 Å². The summed E-state index contributed by atoms with van der Waals surface area (Å²) >= 11 is 0. The molecular weight excluding hydrogens is 359 g/mol. The van der Waals surface area contributed by atoms with E-state index in [4.69, 9.17) is 0 Å². The molecule has 1 aromatic carbocycles. The van der Waals surface area contributed by atoms with E-state index in [1.165, 1.54) is 12.1 Å². The molecule has 0 spiro atoms. The lowest BCUT2D eigenvalue weighted by atomic mass is 10.2. The summed E-state index contributed by atoms with van der Waals surface area (Å²) in [6.07, 6.45) is 1.84. The fraction of sp³-hybridized carbons (Fsp3) is 0.278. The molecule has 0 radical (unpaired) electrons. The van der Waals surface area contributed by atoms with Gasteiger partial charge in [-0.05, 0) is 25.5 Å². The van der Waals surface area contributed by atoms with Crippen molar-refractivity contribution < 1.29 is 18.0 Å². The number of carbonyl (C=O) groups is 1. The van der Waals surface area contributed by atoms with Crippen LogP contribution in [0.15, 0.2) is 49.2 Å². The molecule has 9 heteroatoms. The van der Waals surface area contributed by atoms with Crippen LogP contribution in [0.25, 0.3) is 5.69 Å². The average Bonchev–Trinajstić information content (AvgIpc) is 3.28. The summed E-state index contributed by atoms with van der Waals surface area (Å²) in [6, 6.07) is 6.44. The van der Waals surface area contributed by atoms with Crippen LogP contribution in [0.4, 0.5) is 13.2 Å². The summed E-state index contributed by atoms with van der Waals surface area (Å²) in [5.41, 5.74) is -0.424. The summed E-state index contributed by atoms with van der Waals surface area (Å²) in [5, 5.41) is 6.32. The molecule has 0 unspecified atom stereocenters. The summed E-state index contributed by atoms with van der Waals surface area (Å²) in [5.74, 6) is -0.800. The van der Waals surface area contributed by atoms with Crippen molar-refractivity contribution in [3.63, 3.8) is 0 Å². The molecule has 1 N–H and O–H groups in total. The van der Waals surface area contributed by atoms with Crippen LogP contribution in [0.3, 0.4) is 0 Å². The van der Waals surface area contributed by atoms with Gasteiger partial charge in [-0.3, -0.25) is 4.79 Å². The summed E-state index contributed by atoms with van der Waals surface area (Å²) in [6.45, 7) is 2.68. The van der Waals surface area contributed by atoms with Crippen LogP contribution in [0.1, 0.15) is 28.0 Å². The average molecular weight is 377 g/mol. The molecule has 0 atom stereocenters. The largest absolute Gasteiger partial charge is 0.434 e. The Hall–Kier alpha value is -3.10. The number of alkyl halides is 3. The highest BCUT2D eigenvalue weighted by Gasteiger charge is 2.40. The second-order valence-electron chi connectivity index (χ2n) is 6.06. The lowest BCUT2D eigenvalue weighted by molar-refractivity contribution is -0.143. The molecule has 0 aliphatic carbocycles. The number of imidazole rings is 1. The molecule has 27 heavy (non-hydrogen) atoms. The number of benzene rings is 1. The number of hydrogen-bond acceptors (Lipinski definition) is 3. The molecule has 2 aromatic heterocycles. The van der Waals surface area contributed by atoms with Crippen LogP contribution < -0.4 is 5.32 Å². The topological polar surface area (TPSA) is 64.7 Å². The van der Waals surface area contributed by atoms with Gasteiger partial charge in [-0.1, -0.05) is 17.7 Å². The van der Waals surface area contributed by atoms with E-state index in [1.54, 1.807) is 30.9 Å². The van der Waals surface area contributed by atoms with Crippen LogP contribution in [-0.4, -0.2) is 31.8 Å². The van der Waals surface area contributed by atoms with E-state index >= 15 is 0 Å². The Bertz CT molecular complexity index is 898. The van der Waals surface area contributed by atoms with Gasteiger partial charge in [-0.2, -0.15) is 18.3 Å². The number of nitrogens with one attached hydrogen (secondary N) is 1. The summed E-state index contributed by atoms with van der Waals surface area (Å²) in [7, 11) is 0. The van der Waals surface area contributed by atoms with Crippen molar-refractivity contribution in [3.05, 3.63) is 66.0 Å². The zero-order valence-corrected chi connectivity index (χ0v) is 14.6. The minimum atomic E-state index is -4.72. The first-order chi connectivity index (χ1) is 12.9. The van der Waals surface area contributed by atoms with E-state index in [1.807, 2.05) is 11.5 Å². The number of hydrogen-bond donors (Lipinski definition) is 1. The van der Waals surface area contributed by atoms with Crippen molar-refractivity contribution >= 4 is 5.91 Å². The number of rotatable bonds is 6. The summed E-state index contributed by atoms with van der Waals surface area (Å²) in [4.78, 5) is 16.2. The zero-order chi connectivity index (χ0) is 19.4. The third-order valence-electron chi connectivity index (χ3n) is 4.00. The highest BCUT2D eigenvalue weighted by atomic mass is 19.4. The lowest BCUT2D eigenvalue weighted by Crippen LogP contribution is -2.28. The molecule has 0 aliphatic heterocycles. The predicted molar refractivity (Wildman–Crippen MR) is 92.5 cm³/mol. The molecule has 0 bridgehead atoms. The van der Waals surface area contributed by atoms with Gasteiger partial charge in [0, 0.05) is 25.5 Å². The van der Waals surface area contributed by atoms with Crippen molar-refractivity contribution in [1.82, 2.24) is 24.6 Å². The Labute approximate surface area is 153 Å². The van der Waals surface area contributed by atoms with Gasteiger partial charge in [0.05, 0.1) is 23.8 Å². The zero-order valence-electron chi connectivity index (χ0n) is 14.6. The highest BCUT2D eigenvalue weighted by molar-refractivity contribution is 5.95. The van der Waals surface area contributed by atoms with Gasteiger partial charge in [-0.25, -0.2) is 9.67 Å². The van der Waals surface area contributed by atoms with Crippen LogP contribution in [0, 0.1) is 6.92 Å². The number of aromatic nitrogens is 4. The Morgan fingerprint density at radius 3 is 2.59 bits per heavy atom. The first-order valence-electron chi connectivity index (χ1n) is 8.32. The van der Waals surface area contributed by atoms with Crippen molar-refractivity contribution in [3.8, 4) is 5.69 Å². The number of halogens is 3. The normalized spacial score (nSPS) is 11.6. The minimum absolute atomic E-state index is 0.240. The fourth-order valence-electron chi connectivity index (χ4n) is 2.65. The maximum atomic E-state index is 13.6. The van der Waals surface area contributed by atoms with Crippen molar-refractivity contribution in [2.45, 2.75) is 26.1 Å². The van der Waals surface area contributed by atoms with Crippen LogP contribution in [0.5, 0.6) is 0 Å². The number of carbonyl (C=O) groups excluding carboxylic acids is 1. The van der Waals surface area contributed by atoms with E-state index in [0.717, 1.165) is 16.4 Å². The smallest absolute Gasteiger partial charge is 0.352 e. The first-order valence-corrected chi connectivity index (χ1v) is 8.32. The molecule has 3 rings (SSSR count). The molecule has 0 saturated carbocycles. The molecule has 0 aliphatic rings. The third-order valence-corrected chi connectivity index (χ3v) is 4.00. The van der Waals surface area contributed by atoms with Gasteiger partial charge in [0.2, 0.25) is 0 Å². The van der Waals surface area contributed by atoms with E-state index in [9.17, 15) is 18.0 Å². The fourth-order valence-corrected chi connectivity index (χ4v) is 2.65. The Kier molecular flexibility index (Phi) is 5.29. The van der Waals surface area contributed by atoms with Crippen molar-refractivity contribution in [1.29, 1.82) is 0 Å². The summed E-state index contributed by atoms with van der Waals surface area (Å²) < 4.78 is 43.3. The van der Waals surface area contributed by atoms with Gasteiger partial charge >= 0.3 is 6.18 Å². The maximum Gasteiger partial charge on any atom is 0.434 e. The molecule has 3 aromatic rings. The molecule has 2 heterocycles. The number of amides is 1. The Balaban J connectivity index is 1.76.